The maximum absolute atomic E-state index is 11.7. The summed E-state index contributed by atoms with van der Waals surface area (Å²) in [5.74, 6) is -1.32. The highest BCUT2D eigenvalue weighted by atomic mass is 16.4. The summed E-state index contributed by atoms with van der Waals surface area (Å²) in [5.41, 5.74) is 6.46. The average Bonchev–Trinajstić information content (AvgIpc) is 2.28. The number of carboxylic acids is 1. The van der Waals surface area contributed by atoms with Crippen molar-refractivity contribution in [3.8, 4) is 0 Å². The van der Waals surface area contributed by atoms with Crippen molar-refractivity contribution in [1.29, 1.82) is 0 Å². The van der Waals surface area contributed by atoms with Gasteiger partial charge in [-0.3, -0.25) is 9.59 Å². The van der Waals surface area contributed by atoms with Crippen molar-refractivity contribution in [3.63, 3.8) is 0 Å². The molecule has 0 heterocycles. The molecule has 0 aliphatic carbocycles. The number of hydrogen-bond donors (Lipinski definition) is 3. The number of benzene rings is 1. The summed E-state index contributed by atoms with van der Waals surface area (Å²) in [6.45, 7) is 1.63. The highest BCUT2D eigenvalue weighted by Crippen LogP contribution is 2.09. The van der Waals surface area contributed by atoms with Crippen molar-refractivity contribution in [2.75, 3.05) is 0 Å². The number of hydrogen-bond acceptors (Lipinski definition) is 3. The van der Waals surface area contributed by atoms with Crippen molar-refractivity contribution in [1.82, 2.24) is 5.32 Å². The Morgan fingerprint density at radius 3 is 2.47 bits per heavy atom. The van der Waals surface area contributed by atoms with E-state index in [1.54, 1.807) is 31.2 Å². The predicted octanol–water partition coefficient (Wildman–Crippen LogP) is 0.666. The summed E-state index contributed by atoms with van der Waals surface area (Å²) in [4.78, 5) is 22.2. The first-order chi connectivity index (χ1) is 8.00. The van der Waals surface area contributed by atoms with Gasteiger partial charge in [0.05, 0.1) is 6.42 Å². The quantitative estimate of drug-likeness (QED) is 0.700. The van der Waals surface area contributed by atoms with E-state index in [0.717, 1.165) is 0 Å². The number of aliphatic carboxylic acids is 1. The minimum atomic E-state index is -0.953. The minimum absolute atomic E-state index is 0.118. The van der Waals surface area contributed by atoms with E-state index in [1.807, 2.05) is 6.07 Å². The van der Waals surface area contributed by atoms with Crippen LogP contribution in [-0.2, 0) is 9.59 Å². The van der Waals surface area contributed by atoms with Gasteiger partial charge in [-0.2, -0.15) is 0 Å². The lowest BCUT2D eigenvalue weighted by Gasteiger charge is -2.16. The van der Waals surface area contributed by atoms with Crippen LogP contribution in [0.4, 0.5) is 0 Å². The summed E-state index contributed by atoms with van der Waals surface area (Å²) in [6, 6.07) is 7.73. The maximum atomic E-state index is 11.7. The molecule has 0 saturated carbocycles. The zero-order valence-corrected chi connectivity index (χ0v) is 9.59. The molecule has 1 aromatic carbocycles. The Morgan fingerprint density at radius 1 is 1.35 bits per heavy atom. The van der Waals surface area contributed by atoms with Crippen molar-refractivity contribution in [2.24, 2.45) is 5.73 Å². The Hall–Kier alpha value is -1.88. The number of nitrogens with two attached hydrogens (primary N) is 1. The highest BCUT2D eigenvalue weighted by molar-refractivity contribution is 5.83. The van der Waals surface area contributed by atoms with E-state index in [0.29, 0.717) is 5.56 Å². The minimum Gasteiger partial charge on any atom is -0.481 e. The van der Waals surface area contributed by atoms with E-state index in [1.165, 1.54) is 0 Å². The van der Waals surface area contributed by atoms with E-state index in [2.05, 4.69) is 5.32 Å². The molecule has 0 aromatic heterocycles. The van der Waals surface area contributed by atoms with Crippen molar-refractivity contribution >= 4 is 11.9 Å². The standard InChI is InChI=1S/C12H16N2O3/c1-8(7-10(15)16)14-12(17)11(13)9-5-3-2-4-6-9/h2-6,8,11H,7,13H2,1H3,(H,14,17)(H,15,16)/t8?,11-/m1/s1. The van der Waals surface area contributed by atoms with E-state index < -0.39 is 18.1 Å². The molecule has 0 bridgehead atoms. The molecular formula is C12H16N2O3. The van der Waals surface area contributed by atoms with Gasteiger partial charge < -0.3 is 16.2 Å². The monoisotopic (exact) mass is 236 g/mol. The van der Waals surface area contributed by atoms with Crippen LogP contribution in [0.5, 0.6) is 0 Å². The molecule has 2 atom stereocenters. The van der Waals surface area contributed by atoms with Crippen molar-refractivity contribution < 1.29 is 14.7 Å². The first kappa shape index (κ1) is 13.2. The topological polar surface area (TPSA) is 92.4 Å². The third-order valence-electron chi connectivity index (χ3n) is 2.31. The summed E-state index contributed by atoms with van der Waals surface area (Å²) < 4.78 is 0. The molecule has 92 valence electrons. The van der Waals surface area contributed by atoms with Gasteiger partial charge in [0.2, 0.25) is 5.91 Å². The SMILES string of the molecule is CC(CC(=O)O)NC(=O)[C@H](N)c1ccccc1. The zero-order valence-electron chi connectivity index (χ0n) is 9.59. The average molecular weight is 236 g/mol. The molecule has 5 nitrogen and oxygen atoms in total. The second kappa shape index (κ2) is 6.00. The summed E-state index contributed by atoms with van der Waals surface area (Å²) >= 11 is 0. The number of rotatable bonds is 5. The summed E-state index contributed by atoms with van der Waals surface area (Å²) in [6.07, 6.45) is -0.118. The van der Waals surface area contributed by atoms with Gasteiger partial charge in [0, 0.05) is 6.04 Å². The van der Waals surface area contributed by atoms with Crippen LogP contribution in [0, 0.1) is 0 Å². The van der Waals surface area contributed by atoms with Crippen molar-refractivity contribution in [3.05, 3.63) is 35.9 Å². The van der Waals surface area contributed by atoms with Crippen LogP contribution in [-0.4, -0.2) is 23.0 Å². The normalized spacial score (nSPS) is 13.8. The molecule has 1 unspecified atom stereocenters. The molecule has 5 heteroatoms. The molecule has 17 heavy (non-hydrogen) atoms. The predicted molar refractivity (Wildman–Crippen MR) is 63.2 cm³/mol. The second-order valence-electron chi connectivity index (χ2n) is 3.90. The Morgan fingerprint density at radius 2 is 1.94 bits per heavy atom. The van der Waals surface area contributed by atoms with Crippen LogP contribution in [0.1, 0.15) is 24.9 Å². The van der Waals surface area contributed by atoms with Crippen LogP contribution >= 0.6 is 0 Å². The van der Waals surface area contributed by atoms with Crippen LogP contribution in [0.2, 0.25) is 0 Å². The first-order valence-corrected chi connectivity index (χ1v) is 5.33. The molecule has 0 fully saturated rings. The molecule has 0 aliphatic rings. The lowest BCUT2D eigenvalue weighted by molar-refractivity contribution is -0.137. The van der Waals surface area contributed by atoms with E-state index in [4.69, 9.17) is 10.8 Å². The lowest BCUT2D eigenvalue weighted by Crippen LogP contribution is -2.40. The maximum Gasteiger partial charge on any atom is 0.305 e. The zero-order chi connectivity index (χ0) is 12.8. The van der Waals surface area contributed by atoms with E-state index in [-0.39, 0.29) is 12.3 Å². The fourth-order valence-corrected chi connectivity index (χ4v) is 1.46. The molecule has 0 aliphatic heterocycles. The second-order valence-corrected chi connectivity index (χ2v) is 3.90. The van der Waals surface area contributed by atoms with E-state index in [9.17, 15) is 9.59 Å². The van der Waals surface area contributed by atoms with Gasteiger partial charge in [0.15, 0.2) is 0 Å². The molecule has 0 saturated heterocycles. The van der Waals surface area contributed by atoms with Gasteiger partial charge in [0.25, 0.3) is 0 Å². The van der Waals surface area contributed by atoms with Gasteiger partial charge in [-0.05, 0) is 12.5 Å². The molecule has 4 N–H and O–H groups in total. The first-order valence-electron chi connectivity index (χ1n) is 5.33. The summed E-state index contributed by atoms with van der Waals surface area (Å²) in [5, 5.41) is 11.1. The fourth-order valence-electron chi connectivity index (χ4n) is 1.46. The number of amides is 1. The van der Waals surface area contributed by atoms with Gasteiger partial charge in [-0.15, -0.1) is 0 Å². The Balaban J connectivity index is 2.56. The Labute approximate surface area is 99.6 Å². The van der Waals surface area contributed by atoms with Gasteiger partial charge in [0.1, 0.15) is 6.04 Å². The van der Waals surface area contributed by atoms with E-state index >= 15 is 0 Å². The highest BCUT2D eigenvalue weighted by Gasteiger charge is 2.18. The van der Waals surface area contributed by atoms with Crippen LogP contribution in [0.25, 0.3) is 0 Å². The van der Waals surface area contributed by atoms with Crippen LogP contribution in [0.3, 0.4) is 0 Å². The van der Waals surface area contributed by atoms with Gasteiger partial charge in [-0.25, -0.2) is 0 Å². The Kier molecular flexibility index (Phi) is 4.66. The number of nitrogens with one attached hydrogen (secondary N) is 1. The van der Waals surface area contributed by atoms with Gasteiger partial charge in [-0.1, -0.05) is 30.3 Å². The molecule has 0 spiro atoms. The third-order valence-corrected chi connectivity index (χ3v) is 2.31. The lowest BCUT2D eigenvalue weighted by atomic mass is 10.1. The number of carboxylic acid groups (broad SMARTS) is 1. The smallest absolute Gasteiger partial charge is 0.305 e. The van der Waals surface area contributed by atoms with Crippen LogP contribution < -0.4 is 11.1 Å². The van der Waals surface area contributed by atoms with Gasteiger partial charge >= 0.3 is 5.97 Å². The molecule has 1 amide bonds. The molecule has 0 radical (unpaired) electrons. The molecule has 1 aromatic rings. The third kappa shape index (κ3) is 4.24. The Bertz CT molecular complexity index is 392. The fraction of sp³-hybridized carbons (Fsp3) is 0.333. The molecular weight excluding hydrogens is 220 g/mol. The van der Waals surface area contributed by atoms with Crippen molar-refractivity contribution in [2.45, 2.75) is 25.4 Å². The molecule has 1 rings (SSSR count). The summed E-state index contributed by atoms with van der Waals surface area (Å²) in [7, 11) is 0. The van der Waals surface area contributed by atoms with Crippen LogP contribution in [0.15, 0.2) is 30.3 Å². The number of carbonyl (C=O) groups excluding carboxylic acids is 1. The largest absolute Gasteiger partial charge is 0.481 e. The number of carbonyl (C=O) groups is 2.